The van der Waals surface area contributed by atoms with E-state index >= 15 is 0 Å². The van der Waals surface area contributed by atoms with Gasteiger partial charge in [-0.25, -0.2) is 0 Å². The second-order valence-corrected chi connectivity index (χ2v) is 6.07. The number of aromatic nitrogens is 1. The fraction of sp³-hybridized carbons (Fsp3) is 0.267. The maximum atomic E-state index is 10.7. The molecule has 0 saturated heterocycles. The fourth-order valence-electron chi connectivity index (χ4n) is 2.49. The summed E-state index contributed by atoms with van der Waals surface area (Å²) in [4.78, 5) is 15.9. The van der Waals surface area contributed by atoms with E-state index in [0.29, 0.717) is 5.25 Å². The van der Waals surface area contributed by atoms with Gasteiger partial charge in [0.2, 0.25) is 0 Å². The SMILES string of the molecule is O=[N+]([O-])c1ccc(SC2CCCc3cccnc32)cc1. The molecule has 102 valence electrons. The second kappa shape index (κ2) is 5.63. The topological polar surface area (TPSA) is 56.0 Å². The molecule has 1 atom stereocenters. The maximum absolute atomic E-state index is 10.7. The van der Waals surface area contributed by atoms with Gasteiger partial charge in [0.1, 0.15) is 0 Å². The van der Waals surface area contributed by atoms with Crippen molar-refractivity contribution in [2.24, 2.45) is 0 Å². The zero-order valence-corrected chi connectivity index (χ0v) is 11.7. The molecule has 1 aliphatic carbocycles. The summed E-state index contributed by atoms with van der Waals surface area (Å²) in [6.45, 7) is 0. The number of pyridine rings is 1. The number of benzene rings is 1. The van der Waals surface area contributed by atoms with Gasteiger partial charge in [0.15, 0.2) is 0 Å². The van der Waals surface area contributed by atoms with Crippen LogP contribution in [0.1, 0.15) is 29.3 Å². The quantitative estimate of drug-likeness (QED) is 0.628. The van der Waals surface area contributed by atoms with E-state index in [1.54, 1.807) is 23.9 Å². The molecule has 0 saturated carbocycles. The van der Waals surface area contributed by atoms with Gasteiger partial charge in [-0.2, -0.15) is 0 Å². The van der Waals surface area contributed by atoms with Crippen LogP contribution in [0.25, 0.3) is 0 Å². The zero-order valence-electron chi connectivity index (χ0n) is 10.9. The number of thioether (sulfide) groups is 1. The van der Waals surface area contributed by atoms with E-state index in [4.69, 9.17) is 0 Å². The molecule has 1 aliphatic rings. The van der Waals surface area contributed by atoms with Crippen LogP contribution in [-0.2, 0) is 6.42 Å². The lowest BCUT2D eigenvalue weighted by Gasteiger charge is -2.23. The minimum absolute atomic E-state index is 0.136. The third-order valence-electron chi connectivity index (χ3n) is 3.47. The molecular formula is C15H14N2O2S. The van der Waals surface area contributed by atoms with Crippen molar-refractivity contribution in [2.75, 3.05) is 0 Å². The van der Waals surface area contributed by atoms with Crippen molar-refractivity contribution in [2.45, 2.75) is 29.4 Å². The van der Waals surface area contributed by atoms with Gasteiger partial charge in [-0.15, -0.1) is 11.8 Å². The molecule has 4 nitrogen and oxygen atoms in total. The van der Waals surface area contributed by atoms with Crippen molar-refractivity contribution in [3.63, 3.8) is 0 Å². The molecule has 1 aromatic heterocycles. The minimum Gasteiger partial charge on any atom is -0.260 e. The highest BCUT2D eigenvalue weighted by atomic mass is 32.2. The highest BCUT2D eigenvalue weighted by molar-refractivity contribution is 7.99. The third kappa shape index (κ3) is 2.67. The van der Waals surface area contributed by atoms with Crippen LogP contribution in [0.2, 0.25) is 0 Å². The molecule has 1 unspecified atom stereocenters. The van der Waals surface area contributed by atoms with Crippen molar-refractivity contribution in [3.05, 3.63) is 64.0 Å². The normalized spacial score (nSPS) is 17.5. The van der Waals surface area contributed by atoms with E-state index in [9.17, 15) is 10.1 Å². The summed E-state index contributed by atoms with van der Waals surface area (Å²) in [6.07, 6.45) is 5.21. The number of hydrogen-bond donors (Lipinski definition) is 0. The van der Waals surface area contributed by atoms with Gasteiger partial charge in [0.25, 0.3) is 5.69 Å². The number of nitro groups is 1. The Labute approximate surface area is 121 Å². The standard InChI is InChI=1S/C15H14N2O2S/c18-17(19)12-6-8-13(9-7-12)20-14-5-1-3-11-4-2-10-16-15(11)14/h2,4,6-10,14H,1,3,5H2. The van der Waals surface area contributed by atoms with E-state index in [1.165, 1.54) is 17.7 Å². The zero-order chi connectivity index (χ0) is 13.9. The molecule has 3 rings (SSSR count). The van der Waals surface area contributed by atoms with Crippen LogP contribution < -0.4 is 0 Å². The summed E-state index contributed by atoms with van der Waals surface area (Å²) in [5.74, 6) is 0. The number of fused-ring (bicyclic) bond motifs is 1. The molecule has 0 amide bonds. The molecule has 0 aliphatic heterocycles. The number of aryl methyl sites for hydroxylation is 1. The van der Waals surface area contributed by atoms with E-state index in [0.717, 1.165) is 17.7 Å². The molecule has 2 aromatic rings. The first-order chi connectivity index (χ1) is 9.74. The Balaban J connectivity index is 1.80. The van der Waals surface area contributed by atoms with Crippen LogP contribution >= 0.6 is 11.8 Å². The molecule has 1 aromatic carbocycles. The number of non-ortho nitro benzene ring substituents is 1. The average Bonchev–Trinajstić information content (AvgIpc) is 2.48. The molecule has 1 heterocycles. The predicted octanol–water partition coefficient (Wildman–Crippen LogP) is 4.16. The summed E-state index contributed by atoms with van der Waals surface area (Å²) in [6, 6.07) is 10.9. The Morgan fingerprint density at radius 2 is 2.05 bits per heavy atom. The van der Waals surface area contributed by atoms with Crippen molar-refractivity contribution in [3.8, 4) is 0 Å². The van der Waals surface area contributed by atoms with Crippen LogP contribution in [0, 0.1) is 10.1 Å². The molecule has 0 fully saturated rings. The van der Waals surface area contributed by atoms with Crippen molar-refractivity contribution in [1.82, 2.24) is 4.98 Å². The largest absolute Gasteiger partial charge is 0.269 e. The number of rotatable bonds is 3. The number of nitrogens with zero attached hydrogens (tertiary/aromatic N) is 2. The fourth-order valence-corrected chi connectivity index (χ4v) is 3.72. The molecule has 5 heteroatoms. The predicted molar refractivity (Wildman–Crippen MR) is 78.9 cm³/mol. The first kappa shape index (κ1) is 13.1. The van der Waals surface area contributed by atoms with Gasteiger partial charge in [0, 0.05) is 23.2 Å². The lowest BCUT2D eigenvalue weighted by atomic mass is 9.96. The molecule has 0 bridgehead atoms. The highest BCUT2D eigenvalue weighted by Gasteiger charge is 2.22. The second-order valence-electron chi connectivity index (χ2n) is 4.80. The number of hydrogen-bond acceptors (Lipinski definition) is 4. The van der Waals surface area contributed by atoms with Crippen molar-refractivity contribution >= 4 is 17.4 Å². The van der Waals surface area contributed by atoms with Gasteiger partial charge in [-0.05, 0) is 43.0 Å². The minimum atomic E-state index is -0.369. The Bertz CT molecular complexity index is 628. The summed E-state index contributed by atoms with van der Waals surface area (Å²) < 4.78 is 0. The Morgan fingerprint density at radius 3 is 2.80 bits per heavy atom. The van der Waals surface area contributed by atoms with Crippen LogP contribution in [0.5, 0.6) is 0 Å². The summed E-state index contributed by atoms with van der Waals surface area (Å²) in [7, 11) is 0. The molecular weight excluding hydrogens is 272 g/mol. The van der Waals surface area contributed by atoms with Crippen LogP contribution in [-0.4, -0.2) is 9.91 Å². The Kier molecular flexibility index (Phi) is 3.69. The summed E-state index contributed by atoms with van der Waals surface area (Å²) >= 11 is 1.74. The molecule has 20 heavy (non-hydrogen) atoms. The van der Waals surface area contributed by atoms with Gasteiger partial charge in [0.05, 0.1) is 15.9 Å². The smallest absolute Gasteiger partial charge is 0.260 e. The van der Waals surface area contributed by atoms with Gasteiger partial charge in [-0.1, -0.05) is 6.07 Å². The lowest BCUT2D eigenvalue weighted by molar-refractivity contribution is -0.384. The molecule has 0 N–H and O–H groups in total. The highest BCUT2D eigenvalue weighted by Crippen LogP contribution is 2.42. The van der Waals surface area contributed by atoms with Crippen LogP contribution in [0.3, 0.4) is 0 Å². The van der Waals surface area contributed by atoms with Crippen molar-refractivity contribution in [1.29, 1.82) is 0 Å². The van der Waals surface area contributed by atoms with E-state index in [2.05, 4.69) is 11.1 Å². The van der Waals surface area contributed by atoms with Crippen molar-refractivity contribution < 1.29 is 4.92 Å². The van der Waals surface area contributed by atoms with E-state index in [-0.39, 0.29) is 10.6 Å². The van der Waals surface area contributed by atoms with Gasteiger partial charge >= 0.3 is 0 Å². The van der Waals surface area contributed by atoms with E-state index < -0.39 is 0 Å². The maximum Gasteiger partial charge on any atom is 0.269 e. The lowest BCUT2D eigenvalue weighted by Crippen LogP contribution is -2.09. The monoisotopic (exact) mass is 286 g/mol. The van der Waals surface area contributed by atoms with Gasteiger partial charge < -0.3 is 0 Å². The Hall–Kier alpha value is -1.88. The van der Waals surface area contributed by atoms with Crippen LogP contribution in [0.15, 0.2) is 47.5 Å². The molecule has 0 radical (unpaired) electrons. The third-order valence-corrected chi connectivity index (χ3v) is 4.76. The first-order valence-corrected chi connectivity index (χ1v) is 7.47. The number of nitro benzene ring substituents is 1. The average molecular weight is 286 g/mol. The summed E-state index contributed by atoms with van der Waals surface area (Å²) in [5.41, 5.74) is 2.64. The summed E-state index contributed by atoms with van der Waals surface area (Å²) in [5, 5.41) is 11.0. The first-order valence-electron chi connectivity index (χ1n) is 6.59. The Morgan fingerprint density at radius 1 is 1.25 bits per heavy atom. The van der Waals surface area contributed by atoms with Gasteiger partial charge in [-0.3, -0.25) is 15.1 Å². The molecule has 0 spiro atoms. The van der Waals surface area contributed by atoms with Crippen LogP contribution in [0.4, 0.5) is 5.69 Å². The van der Waals surface area contributed by atoms with E-state index in [1.807, 2.05) is 24.4 Å².